The number of nitrogens with one attached hydrogen (secondary N) is 1. The van der Waals surface area contributed by atoms with Crippen molar-refractivity contribution in [3.8, 4) is 0 Å². The minimum absolute atomic E-state index is 0.00591. The Balaban J connectivity index is 1.85. The van der Waals surface area contributed by atoms with E-state index in [1.807, 2.05) is 23.1 Å². The molecular weight excluding hydrogens is 202 g/mol. The molecule has 86 valence electrons. The van der Waals surface area contributed by atoms with Gasteiger partial charge in [-0.05, 0) is 12.0 Å². The van der Waals surface area contributed by atoms with Crippen LogP contribution in [0.4, 0.5) is 4.79 Å². The first-order chi connectivity index (χ1) is 7.79. The van der Waals surface area contributed by atoms with Gasteiger partial charge in [0.05, 0.1) is 6.04 Å². The third kappa shape index (κ3) is 2.52. The number of carbonyl (C=O) groups excluding carboxylic acids is 1. The summed E-state index contributed by atoms with van der Waals surface area (Å²) in [5, 5.41) is 2.85. The zero-order chi connectivity index (χ0) is 11.4. The van der Waals surface area contributed by atoms with E-state index >= 15 is 0 Å². The van der Waals surface area contributed by atoms with Crippen LogP contribution in [0, 0.1) is 0 Å². The number of benzene rings is 1. The third-order valence-corrected chi connectivity index (χ3v) is 2.85. The Bertz CT molecular complexity index is 353. The molecule has 0 aliphatic carbocycles. The molecule has 1 aromatic rings. The minimum Gasteiger partial charge on any atom is -0.332 e. The zero-order valence-corrected chi connectivity index (χ0v) is 9.23. The van der Waals surface area contributed by atoms with Crippen LogP contribution in [0.15, 0.2) is 30.3 Å². The van der Waals surface area contributed by atoms with Crippen LogP contribution in [0.2, 0.25) is 0 Å². The highest BCUT2D eigenvalue weighted by atomic mass is 16.2. The smallest absolute Gasteiger partial charge is 0.317 e. The highest BCUT2D eigenvalue weighted by molar-refractivity contribution is 5.76. The molecule has 0 aromatic heterocycles. The fourth-order valence-corrected chi connectivity index (χ4v) is 1.90. The number of hydrogen-bond acceptors (Lipinski definition) is 2. The number of carbonyl (C=O) groups is 1. The molecule has 1 aliphatic rings. The van der Waals surface area contributed by atoms with Crippen molar-refractivity contribution in [2.24, 2.45) is 5.73 Å². The van der Waals surface area contributed by atoms with Crippen molar-refractivity contribution in [1.82, 2.24) is 10.2 Å². The van der Waals surface area contributed by atoms with Crippen LogP contribution in [0.25, 0.3) is 0 Å². The quantitative estimate of drug-likeness (QED) is 0.778. The molecule has 1 aromatic carbocycles. The van der Waals surface area contributed by atoms with E-state index in [0.717, 1.165) is 19.5 Å². The number of nitrogens with two attached hydrogens (primary N) is 1. The summed E-state index contributed by atoms with van der Waals surface area (Å²) in [7, 11) is 0. The lowest BCUT2D eigenvalue weighted by atomic mass is 10.1. The first kappa shape index (κ1) is 11.0. The molecule has 1 fully saturated rings. The molecule has 16 heavy (non-hydrogen) atoms. The first-order valence-corrected chi connectivity index (χ1v) is 5.59. The average Bonchev–Trinajstić information content (AvgIpc) is 2.69. The lowest BCUT2D eigenvalue weighted by Gasteiger charge is -2.14. The van der Waals surface area contributed by atoms with Crippen LogP contribution >= 0.6 is 0 Å². The molecule has 3 N–H and O–H groups in total. The molecule has 4 nitrogen and oxygen atoms in total. The summed E-state index contributed by atoms with van der Waals surface area (Å²) in [6.45, 7) is 1.99. The zero-order valence-electron chi connectivity index (χ0n) is 9.23. The summed E-state index contributed by atoms with van der Waals surface area (Å²) >= 11 is 0. The summed E-state index contributed by atoms with van der Waals surface area (Å²) in [6, 6.07) is 10.3. The maximum atomic E-state index is 11.5. The number of rotatable bonds is 4. The van der Waals surface area contributed by atoms with E-state index in [4.69, 9.17) is 5.73 Å². The van der Waals surface area contributed by atoms with E-state index in [1.54, 1.807) is 0 Å². The highest BCUT2D eigenvalue weighted by Gasteiger charge is 2.26. The summed E-state index contributed by atoms with van der Waals surface area (Å²) in [4.78, 5) is 13.3. The van der Waals surface area contributed by atoms with Gasteiger partial charge >= 0.3 is 6.03 Å². The Morgan fingerprint density at radius 3 is 2.75 bits per heavy atom. The maximum Gasteiger partial charge on any atom is 0.317 e. The minimum atomic E-state index is 0.00591. The van der Waals surface area contributed by atoms with Crippen LogP contribution < -0.4 is 11.1 Å². The molecule has 0 saturated carbocycles. The van der Waals surface area contributed by atoms with Gasteiger partial charge in [-0.15, -0.1) is 0 Å². The number of nitrogens with zero attached hydrogens (tertiary/aromatic N) is 1. The van der Waals surface area contributed by atoms with E-state index in [9.17, 15) is 4.79 Å². The largest absolute Gasteiger partial charge is 0.332 e. The van der Waals surface area contributed by atoms with Crippen molar-refractivity contribution in [3.05, 3.63) is 35.9 Å². The second-order valence-corrected chi connectivity index (χ2v) is 4.06. The lowest BCUT2D eigenvalue weighted by Crippen LogP contribution is -2.33. The molecule has 2 rings (SSSR count). The second kappa shape index (κ2) is 4.99. The normalized spacial score (nSPS) is 19.9. The predicted octanol–water partition coefficient (Wildman–Crippen LogP) is 0.582. The van der Waals surface area contributed by atoms with Crippen molar-refractivity contribution < 1.29 is 4.79 Å². The van der Waals surface area contributed by atoms with Crippen LogP contribution in [0.3, 0.4) is 0 Å². The van der Waals surface area contributed by atoms with Crippen LogP contribution in [0.5, 0.6) is 0 Å². The van der Waals surface area contributed by atoms with E-state index in [-0.39, 0.29) is 12.1 Å². The summed E-state index contributed by atoms with van der Waals surface area (Å²) in [5.74, 6) is 0. The third-order valence-electron chi connectivity index (χ3n) is 2.85. The van der Waals surface area contributed by atoms with Crippen molar-refractivity contribution in [1.29, 1.82) is 0 Å². The fraction of sp³-hybridized carbons (Fsp3) is 0.417. The molecular formula is C12H17N3O. The molecule has 0 spiro atoms. The van der Waals surface area contributed by atoms with Gasteiger partial charge in [0.1, 0.15) is 0 Å². The van der Waals surface area contributed by atoms with Crippen LogP contribution in [-0.4, -0.2) is 36.6 Å². The van der Waals surface area contributed by atoms with Gasteiger partial charge in [-0.25, -0.2) is 4.79 Å². The standard InChI is InChI=1S/C12H17N3O/c13-8-11-9-15(12(16)14-11)7-6-10-4-2-1-3-5-10/h1-5,11H,6-9,13H2,(H,14,16). The van der Waals surface area contributed by atoms with Gasteiger partial charge in [0.2, 0.25) is 0 Å². The van der Waals surface area contributed by atoms with Crippen molar-refractivity contribution >= 4 is 6.03 Å². The molecule has 1 saturated heterocycles. The monoisotopic (exact) mass is 219 g/mol. The van der Waals surface area contributed by atoms with Gasteiger partial charge in [-0.2, -0.15) is 0 Å². The van der Waals surface area contributed by atoms with E-state index < -0.39 is 0 Å². The van der Waals surface area contributed by atoms with Crippen molar-refractivity contribution in [2.75, 3.05) is 19.6 Å². The van der Waals surface area contributed by atoms with Gasteiger partial charge in [0.15, 0.2) is 0 Å². The molecule has 0 bridgehead atoms. The van der Waals surface area contributed by atoms with Crippen LogP contribution in [0.1, 0.15) is 5.56 Å². The van der Waals surface area contributed by atoms with Gasteiger partial charge in [-0.1, -0.05) is 30.3 Å². The number of hydrogen-bond donors (Lipinski definition) is 2. The Kier molecular flexibility index (Phi) is 3.41. The molecule has 1 atom stereocenters. The molecule has 4 heteroatoms. The summed E-state index contributed by atoms with van der Waals surface area (Å²) in [5.41, 5.74) is 6.78. The molecule has 0 radical (unpaired) electrons. The van der Waals surface area contributed by atoms with E-state index in [0.29, 0.717) is 6.54 Å². The molecule has 1 unspecified atom stereocenters. The SMILES string of the molecule is NCC1CN(CCc2ccccc2)C(=O)N1. The summed E-state index contributed by atoms with van der Waals surface area (Å²) in [6.07, 6.45) is 0.894. The van der Waals surface area contributed by atoms with E-state index in [1.165, 1.54) is 5.56 Å². The van der Waals surface area contributed by atoms with Gasteiger partial charge in [0, 0.05) is 19.6 Å². The fourth-order valence-electron chi connectivity index (χ4n) is 1.90. The second-order valence-electron chi connectivity index (χ2n) is 4.06. The van der Waals surface area contributed by atoms with Crippen LogP contribution in [-0.2, 0) is 6.42 Å². The Morgan fingerprint density at radius 2 is 2.12 bits per heavy atom. The van der Waals surface area contributed by atoms with Gasteiger partial charge in [-0.3, -0.25) is 0 Å². The number of amides is 2. The van der Waals surface area contributed by atoms with Gasteiger partial charge < -0.3 is 16.0 Å². The van der Waals surface area contributed by atoms with Gasteiger partial charge in [0.25, 0.3) is 0 Å². The predicted molar refractivity (Wildman–Crippen MR) is 63.1 cm³/mol. The lowest BCUT2D eigenvalue weighted by molar-refractivity contribution is 0.218. The first-order valence-electron chi connectivity index (χ1n) is 5.59. The molecule has 1 aliphatic heterocycles. The Labute approximate surface area is 95.4 Å². The molecule has 2 amide bonds. The molecule has 1 heterocycles. The van der Waals surface area contributed by atoms with E-state index in [2.05, 4.69) is 17.4 Å². The Hall–Kier alpha value is -1.55. The maximum absolute atomic E-state index is 11.5. The van der Waals surface area contributed by atoms with Crippen molar-refractivity contribution in [3.63, 3.8) is 0 Å². The van der Waals surface area contributed by atoms with Crippen molar-refractivity contribution in [2.45, 2.75) is 12.5 Å². The number of urea groups is 1. The highest BCUT2D eigenvalue weighted by Crippen LogP contribution is 2.06. The Morgan fingerprint density at radius 1 is 1.38 bits per heavy atom. The average molecular weight is 219 g/mol. The summed E-state index contributed by atoms with van der Waals surface area (Å²) < 4.78 is 0. The topological polar surface area (TPSA) is 58.4 Å².